The van der Waals surface area contributed by atoms with Crippen LogP contribution in [0.3, 0.4) is 0 Å². The van der Waals surface area contributed by atoms with Crippen LogP contribution in [-0.4, -0.2) is 15.0 Å². The van der Waals surface area contributed by atoms with Crippen molar-refractivity contribution < 1.29 is 0 Å². The monoisotopic (exact) mass is 293 g/mol. The summed E-state index contributed by atoms with van der Waals surface area (Å²) in [4.78, 5) is 0. The Morgan fingerprint density at radius 2 is 1.62 bits per heavy atom. The minimum Gasteiger partial charge on any atom is -0.249 e. The second-order valence-corrected chi connectivity index (χ2v) is 7.32. The van der Waals surface area contributed by atoms with Gasteiger partial charge < -0.3 is 0 Å². The lowest BCUT2D eigenvalue weighted by atomic mass is 9.93. The van der Waals surface area contributed by atoms with Crippen LogP contribution in [0.25, 0.3) is 0 Å². The van der Waals surface area contributed by atoms with Crippen molar-refractivity contribution >= 4 is 0 Å². The summed E-state index contributed by atoms with van der Waals surface area (Å²) < 4.78 is 2.12. The number of rotatable bonds is 11. The lowest BCUT2D eigenvalue weighted by molar-refractivity contribution is 0.398. The molecule has 1 unspecified atom stereocenters. The van der Waals surface area contributed by atoms with E-state index in [0.29, 0.717) is 11.8 Å². The lowest BCUT2D eigenvalue weighted by Crippen LogP contribution is -2.12. The van der Waals surface area contributed by atoms with E-state index in [0.717, 1.165) is 18.9 Å². The summed E-state index contributed by atoms with van der Waals surface area (Å²) in [5, 5.41) is 8.35. The Morgan fingerprint density at radius 3 is 2.29 bits per heavy atom. The Morgan fingerprint density at radius 1 is 0.952 bits per heavy atom. The number of aromatic nitrogens is 3. The predicted octanol–water partition coefficient (Wildman–Crippen LogP) is 5.11. The van der Waals surface area contributed by atoms with E-state index in [2.05, 4.69) is 49.6 Å². The summed E-state index contributed by atoms with van der Waals surface area (Å²) in [5.41, 5.74) is 1.30. The molecule has 0 aromatic carbocycles. The van der Waals surface area contributed by atoms with Crippen molar-refractivity contribution in [3.63, 3.8) is 0 Å². The quantitative estimate of drug-likeness (QED) is 0.531. The molecule has 1 heterocycles. The summed E-state index contributed by atoms with van der Waals surface area (Å²) in [6.07, 6.45) is 11.1. The van der Waals surface area contributed by atoms with Crippen LogP contribution < -0.4 is 0 Å². The topological polar surface area (TPSA) is 30.7 Å². The van der Waals surface area contributed by atoms with E-state index < -0.39 is 0 Å². The maximum atomic E-state index is 4.25. The van der Waals surface area contributed by atoms with E-state index in [9.17, 15) is 0 Å². The van der Waals surface area contributed by atoms with Crippen molar-refractivity contribution in [2.24, 2.45) is 17.8 Å². The van der Waals surface area contributed by atoms with Gasteiger partial charge in [-0.2, -0.15) is 0 Å². The number of unbranched alkanes of at least 4 members (excludes halogenated alkanes) is 4. The zero-order valence-electron chi connectivity index (χ0n) is 14.8. The van der Waals surface area contributed by atoms with Crippen molar-refractivity contribution in [2.75, 3.05) is 0 Å². The summed E-state index contributed by atoms with van der Waals surface area (Å²) >= 11 is 0. The van der Waals surface area contributed by atoms with Gasteiger partial charge in [-0.15, -0.1) is 5.10 Å². The van der Waals surface area contributed by atoms with Gasteiger partial charge in [-0.3, -0.25) is 0 Å². The van der Waals surface area contributed by atoms with Gasteiger partial charge in [0, 0.05) is 6.54 Å². The first-order chi connectivity index (χ1) is 10.0. The number of hydrogen-bond acceptors (Lipinski definition) is 2. The molecule has 0 amide bonds. The second kappa shape index (κ2) is 9.97. The first-order valence-electron chi connectivity index (χ1n) is 8.88. The molecule has 21 heavy (non-hydrogen) atoms. The predicted molar refractivity (Wildman–Crippen MR) is 90.3 cm³/mol. The molecule has 1 atom stereocenters. The summed E-state index contributed by atoms with van der Waals surface area (Å²) in [5.74, 6) is 2.26. The molecule has 0 N–H and O–H groups in total. The molecule has 1 rings (SSSR count). The minimum absolute atomic E-state index is 0.693. The summed E-state index contributed by atoms with van der Waals surface area (Å²) in [6, 6.07) is 0. The highest BCUT2D eigenvalue weighted by atomic mass is 15.4. The molecular formula is C18H35N3. The maximum Gasteiger partial charge on any atom is 0.0725 e. The third-order valence-corrected chi connectivity index (χ3v) is 4.52. The van der Waals surface area contributed by atoms with Crippen LogP contribution in [0.4, 0.5) is 0 Å². The van der Waals surface area contributed by atoms with Gasteiger partial charge in [-0.1, -0.05) is 71.9 Å². The van der Waals surface area contributed by atoms with Gasteiger partial charge in [0.2, 0.25) is 0 Å². The van der Waals surface area contributed by atoms with E-state index in [4.69, 9.17) is 0 Å². The molecule has 122 valence electrons. The molecule has 0 aliphatic heterocycles. The van der Waals surface area contributed by atoms with Crippen LogP contribution in [-0.2, 0) is 13.0 Å². The van der Waals surface area contributed by atoms with Crippen LogP contribution in [0.1, 0.15) is 78.8 Å². The molecule has 1 aromatic rings. The average Bonchev–Trinajstić information content (AvgIpc) is 2.84. The normalized spacial score (nSPS) is 13.3. The van der Waals surface area contributed by atoms with E-state index >= 15 is 0 Å². The van der Waals surface area contributed by atoms with Gasteiger partial charge >= 0.3 is 0 Å². The highest BCUT2D eigenvalue weighted by molar-refractivity contribution is 4.95. The van der Waals surface area contributed by atoms with Crippen LogP contribution in [0.5, 0.6) is 0 Å². The summed E-state index contributed by atoms with van der Waals surface area (Å²) in [6.45, 7) is 12.5. The van der Waals surface area contributed by atoms with Gasteiger partial charge in [-0.05, 0) is 30.6 Å². The van der Waals surface area contributed by atoms with Crippen LogP contribution in [0, 0.1) is 17.8 Å². The zero-order chi connectivity index (χ0) is 15.7. The molecule has 0 fully saturated rings. The fourth-order valence-electron chi connectivity index (χ4n) is 2.54. The van der Waals surface area contributed by atoms with Crippen molar-refractivity contribution in [2.45, 2.75) is 86.1 Å². The highest BCUT2D eigenvalue weighted by Crippen LogP contribution is 2.16. The fourth-order valence-corrected chi connectivity index (χ4v) is 2.54. The van der Waals surface area contributed by atoms with Gasteiger partial charge in [0.05, 0.1) is 11.9 Å². The average molecular weight is 293 g/mol. The SMILES string of the molecule is CC(C)CCCCCCCn1nncc1CC(C)C(C)C. The van der Waals surface area contributed by atoms with Crippen molar-refractivity contribution in [1.29, 1.82) is 0 Å². The Hall–Kier alpha value is -0.860. The Labute approximate surface area is 131 Å². The van der Waals surface area contributed by atoms with Crippen molar-refractivity contribution in [3.05, 3.63) is 11.9 Å². The summed E-state index contributed by atoms with van der Waals surface area (Å²) in [7, 11) is 0. The molecule has 0 spiro atoms. The third kappa shape index (κ3) is 7.63. The molecule has 0 radical (unpaired) electrons. The van der Waals surface area contributed by atoms with E-state index in [1.54, 1.807) is 0 Å². The van der Waals surface area contributed by atoms with E-state index in [-0.39, 0.29) is 0 Å². The van der Waals surface area contributed by atoms with Crippen LogP contribution >= 0.6 is 0 Å². The van der Waals surface area contributed by atoms with Crippen molar-refractivity contribution in [3.8, 4) is 0 Å². The molecule has 0 aliphatic rings. The molecule has 0 bridgehead atoms. The Balaban J connectivity index is 2.19. The maximum absolute atomic E-state index is 4.25. The van der Waals surface area contributed by atoms with Gasteiger partial charge in [0.25, 0.3) is 0 Å². The Bertz CT molecular complexity index is 368. The molecule has 3 heteroatoms. The zero-order valence-corrected chi connectivity index (χ0v) is 14.8. The second-order valence-electron chi connectivity index (χ2n) is 7.32. The van der Waals surface area contributed by atoms with Gasteiger partial charge in [0.1, 0.15) is 0 Å². The molecular weight excluding hydrogens is 258 g/mol. The molecule has 3 nitrogen and oxygen atoms in total. The third-order valence-electron chi connectivity index (χ3n) is 4.52. The number of aryl methyl sites for hydroxylation is 1. The van der Waals surface area contributed by atoms with E-state index in [1.165, 1.54) is 44.2 Å². The fraction of sp³-hybridized carbons (Fsp3) is 0.889. The smallest absolute Gasteiger partial charge is 0.0725 e. The largest absolute Gasteiger partial charge is 0.249 e. The molecule has 1 aromatic heterocycles. The first-order valence-corrected chi connectivity index (χ1v) is 8.88. The number of nitrogens with zero attached hydrogens (tertiary/aromatic N) is 3. The van der Waals surface area contributed by atoms with E-state index in [1.807, 2.05) is 6.20 Å². The Kier molecular flexibility index (Phi) is 8.63. The molecule has 0 aliphatic carbocycles. The lowest BCUT2D eigenvalue weighted by Gasteiger charge is -2.15. The van der Waals surface area contributed by atoms with Gasteiger partial charge in [-0.25, -0.2) is 4.68 Å². The van der Waals surface area contributed by atoms with Crippen LogP contribution in [0.2, 0.25) is 0 Å². The highest BCUT2D eigenvalue weighted by Gasteiger charge is 2.12. The van der Waals surface area contributed by atoms with Crippen molar-refractivity contribution in [1.82, 2.24) is 15.0 Å². The molecule has 0 saturated heterocycles. The first kappa shape index (κ1) is 18.2. The van der Waals surface area contributed by atoms with Crippen LogP contribution in [0.15, 0.2) is 6.20 Å². The molecule has 0 saturated carbocycles. The standard InChI is InChI=1S/C18H35N3/c1-15(2)11-9-7-6-8-10-12-21-18(14-19-20-21)13-17(5)16(3)4/h14-17H,6-13H2,1-5H3. The number of hydrogen-bond donors (Lipinski definition) is 0. The minimum atomic E-state index is 0.693. The van der Waals surface area contributed by atoms with Gasteiger partial charge in [0.15, 0.2) is 0 Å².